The van der Waals surface area contributed by atoms with Crippen molar-refractivity contribution in [3.63, 3.8) is 0 Å². The molecule has 0 aromatic rings. The van der Waals surface area contributed by atoms with Gasteiger partial charge in [-0.1, -0.05) is 0 Å². The maximum Gasteiger partial charge on any atom is 0.412 e. The highest BCUT2D eigenvalue weighted by atomic mass is 19.4. The van der Waals surface area contributed by atoms with Gasteiger partial charge in [0.05, 0.1) is 0 Å². The molecule has 7 heteroatoms. The maximum absolute atomic E-state index is 11.9. The fourth-order valence-electron chi connectivity index (χ4n) is 1.20. The van der Waals surface area contributed by atoms with Gasteiger partial charge in [0.2, 0.25) is 6.04 Å². The molecule has 0 amide bonds. The lowest BCUT2D eigenvalue weighted by atomic mass is 10.1. The number of likely N-dealkylation sites (tertiary alicyclic amines) is 1. The summed E-state index contributed by atoms with van der Waals surface area (Å²) in [7, 11) is 0. The number of hydrogen-bond acceptors (Lipinski definition) is 1. The molecule has 0 aromatic carbocycles. The molecular formula is C6H7F6N. The fourth-order valence-corrected chi connectivity index (χ4v) is 1.20. The predicted octanol–water partition coefficient (Wildman–Crippen LogP) is 2.19. The summed E-state index contributed by atoms with van der Waals surface area (Å²) in [5.74, 6) is 0. The van der Waals surface area contributed by atoms with Crippen LogP contribution in [0.1, 0.15) is 6.42 Å². The Morgan fingerprint density at radius 1 is 0.846 bits per heavy atom. The van der Waals surface area contributed by atoms with Crippen molar-refractivity contribution in [3.05, 3.63) is 0 Å². The topological polar surface area (TPSA) is 3.24 Å². The summed E-state index contributed by atoms with van der Waals surface area (Å²) in [5, 5.41) is 0. The number of nitrogens with zero attached hydrogens (tertiary/aromatic N) is 1. The van der Waals surface area contributed by atoms with E-state index in [1.165, 1.54) is 0 Å². The molecule has 13 heavy (non-hydrogen) atoms. The number of rotatable bonds is 1. The summed E-state index contributed by atoms with van der Waals surface area (Å²) in [6.45, 7) is -0.270. The lowest BCUT2D eigenvalue weighted by Crippen LogP contribution is -2.59. The van der Waals surface area contributed by atoms with Gasteiger partial charge in [-0.25, -0.2) is 0 Å². The smallest absolute Gasteiger partial charge is 0.285 e. The molecule has 0 atom stereocenters. The van der Waals surface area contributed by atoms with Gasteiger partial charge in [-0.15, -0.1) is 0 Å². The average Bonchev–Trinajstić information content (AvgIpc) is 1.71. The van der Waals surface area contributed by atoms with Crippen molar-refractivity contribution in [3.8, 4) is 0 Å². The zero-order valence-corrected chi connectivity index (χ0v) is 6.41. The lowest BCUT2D eigenvalue weighted by molar-refractivity contribution is -0.294. The molecule has 0 aliphatic carbocycles. The molecule has 0 radical (unpaired) electrons. The zero-order valence-electron chi connectivity index (χ0n) is 6.41. The van der Waals surface area contributed by atoms with Gasteiger partial charge in [-0.3, -0.25) is 4.90 Å². The van der Waals surface area contributed by atoms with E-state index in [1.54, 1.807) is 0 Å². The fraction of sp³-hybridized carbons (Fsp3) is 1.00. The summed E-state index contributed by atoms with van der Waals surface area (Å²) in [5.41, 5.74) is 0. The van der Waals surface area contributed by atoms with E-state index >= 15 is 0 Å². The highest BCUT2D eigenvalue weighted by molar-refractivity contribution is 4.89. The average molecular weight is 207 g/mol. The minimum absolute atomic E-state index is 0.135. The Morgan fingerprint density at radius 2 is 1.23 bits per heavy atom. The van der Waals surface area contributed by atoms with Crippen molar-refractivity contribution in [1.82, 2.24) is 4.90 Å². The van der Waals surface area contributed by atoms with Gasteiger partial charge < -0.3 is 0 Å². The quantitative estimate of drug-likeness (QED) is 0.595. The number of halogens is 6. The summed E-state index contributed by atoms with van der Waals surface area (Å²) in [6, 6.07) is -3.28. The van der Waals surface area contributed by atoms with Gasteiger partial charge in [-0.05, 0) is 6.42 Å². The van der Waals surface area contributed by atoms with Crippen molar-refractivity contribution < 1.29 is 26.3 Å². The van der Waals surface area contributed by atoms with E-state index in [1.807, 2.05) is 0 Å². The monoisotopic (exact) mass is 207 g/mol. The molecular weight excluding hydrogens is 200 g/mol. The van der Waals surface area contributed by atoms with Crippen LogP contribution >= 0.6 is 0 Å². The first kappa shape index (κ1) is 10.6. The molecule has 0 spiro atoms. The lowest BCUT2D eigenvalue weighted by Gasteiger charge is -2.39. The number of alkyl halides is 6. The molecule has 0 N–H and O–H groups in total. The molecule has 1 fully saturated rings. The molecule has 78 valence electrons. The van der Waals surface area contributed by atoms with Crippen LogP contribution in [0.15, 0.2) is 0 Å². The summed E-state index contributed by atoms with van der Waals surface area (Å²) >= 11 is 0. The van der Waals surface area contributed by atoms with Crippen molar-refractivity contribution in [2.45, 2.75) is 24.8 Å². The Morgan fingerprint density at radius 3 is 1.31 bits per heavy atom. The Labute approximate surface area is 70.3 Å². The van der Waals surface area contributed by atoms with Crippen LogP contribution in [0.25, 0.3) is 0 Å². The first-order valence-corrected chi connectivity index (χ1v) is 3.60. The third-order valence-electron chi connectivity index (χ3n) is 1.88. The van der Waals surface area contributed by atoms with Crippen LogP contribution in [0, 0.1) is 0 Å². The van der Waals surface area contributed by atoms with Crippen LogP contribution in [0.5, 0.6) is 0 Å². The first-order chi connectivity index (χ1) is 5.73. The molecule has 1 saturated heterocycles. The minimum atomic E-state index is -5.22. The van der Waals surface area contributed by atoms with Crippen molar-refractivity contribution in [1.29, 1.82) is 0 Å². The number of hydrogen-bond donors (Lipinski definition) is 0. The largest absolute Gasteiger partial charge is 0.412 e. The molecule has 0 unspecified atom stereocenters. The second-order valence-electron chi connectivity index (χ2n) is 2.88. The normalized spacial score (nSPS) is 20.5. The Balaban J connectivity index is 2.76. The van der Waals surface area contributed by atoms with E-state index in [2.05, 4.69) is 0 Å². The molecule has 1 aliphatic heterocycles. The molecule has 1 nitrogen and oxygen atoms in total. The van der Waals surface area contributed by atoms with Gasteiger partial charge in [0, 0.05) is 13.1 Å². The second-order valence-corrected chi connectivity index (χ2v) is 2.88. The van der Waals surface area contributed by atoms with E-state index in [9.17, 15) is 26.3 Å². The van der Waals surface area contributed by atoms with E-state index < -0.39 is 18.4 Å². The van der Waals surface area contributed by atoms with E-state index in [-0.39, 0.29) is 13.1 Å². The highest BCUT2D eigenvalue weighted by Crippen LogP contribution is 2.38. The van der Waals surface area contributed by atoms with Crippen molar-refractivity contribution in [2.75, 3.05) is 13.1 Å². The third-order valence-corrected chi connectivity index (χ3v) is 1.88. The van der Waals surface area contributed by atoms with Crippen molar-refractivity contribution in [2.24, 2.45) is 0 Å². The zero-order chi connectivity index (χ0) is 10.3. The van der Waals surface area contributed by atoms with Gasteiger partial charge in [-0.2, -0.15) is 26.3 Å². The minimum Gasteiger partial charge on any atom is -0.285 e. The standard InChI is InChI=1S/C6H7F6N/c7-5(8,9)4(6(10,11)12)13-2-1-3-13/h4H,1-3H2. The third kappa shape index (κ3) is 2.26. The molecule has 1 aliphatic rings. The molecule has 1 rings (SSSR count). The summed E-state index contributed by atoms with van der Waals surface area (Å²) in [6.07, 6.45) is -10.1. The van der Waals surface area contributed by atoms with E-state index in [0.29, 0.717) is 11.3 Å². The van der Waals surface area contributed by atoms with Crippen molar-refractivity contribution >= 4 is 0 Å². The second kappa shape index (κ2) is 3.04. The van der Waals surface area contributed by atoms with Gasteiger partial charge in [0.25, 0.3) is 0 Å². The molecule has 1 heterocycles. The van der Waals surface area contributed by atoms with Crippen LogP contribution < -0.4 is 0 Å². The van der Waals surface area contributed by atoms with Crippen LogP contribution in [0.4, 0.5) is 26.3 Å². The highest BCUT2D eigenvalue weighted by Gasteiger charge is 2.60. The summed E-state index contributed by atoms with van der Waals surface area (Å²) in [4.78, 5) is 0.389. The molecule has 0 aromatic heterocycles. The Hall–Kier alpha value is -0.460. The Bertz CT molecular complexity index is 165. The van der Waals surface area contributed by atoms with Gasteiger partial charge in [0.15, 0.2) is 0 Å². The maximum atomic E-state index is 11.9. The van der Waals surface area contributed by atoms with Gasteiger partial charge >= 0.3 is 12.4 Å². The van der Waals surface area contributed by atoms with Crippen LogP contribution in [-0.2, 0) is 0 Å². The van der Waals surface area contributed by atoms with E-state index in [0.717, 1.165) is 0 Å². The predicted molar refractivity (Wildman–Crippen MR) is 32.1 cm³/mol. The van der Waals surface area contributed by atoms with E-state index in [4.69, 9.17) is 0 Å². The van der Waals surface area contributed by atoms with Crippen LogP contribution in [-0.4, -0.2) is 36.4 Å². The first-order valence-electron chi connectivity index (χ1n) is 3.60. The molecule has 0 bridgehead atoms. The Kier molecular flexibility index (Phi) is 2.48. The molecule has 0 saturated carbocycles. The SMILES string of the molecule is FC(F)(F)C(N1CCC1)C(F)(F)F. The summed E-state index contributed by atoms with van der Waals surface area (Å²) < 4.78 is 71.6. The van der Waals surface area contributed by atoms with Gasteiger partial charge in [0.1, 0.15) is 0 Å². The van der Waals surface area contributed by atoms with Crippen LogP contribution in [0.3, 0.4) is 0 Å². The van der Waals surface area contributed by atoms with Crippen LogP contribution in [0.2, 0.25) is 0 Å².